The first-order valence-corrected chi connectivity index (χ1v) is 5.04. The molecule has 0 saturated carbocycles. The molecule has 13 heavy (non-hydrogen) atoms. The van der Waals surface area contributed by atoms with Gasteiger partial charge in [0.15, 0.2) is 0 Å². The fraction of sp³-hybridized carbons (Fsp3) is 0.500. The minimum atomic E-state index is 0.616. The zero-order valence-corrected chi connectivity index (χ0v) is 8.59. The van der Waals surface area contributed by atoms with Crippen LogP contribution < -0.4 is 5.32 Å². The zero-order chi connectivity index (χ0) is 9.42. The minimum absolute atomic E-state index is 0.616. The molecule has 0 fully saturated rings. The van der Waals surface area contributed by atoms with Crippen LogP contribution in [0.3, 0.4) is 0 Å². The summed E-state index contributed by atoms with van der Waals surface area (Å²) < 4.78 is 0. The van der Waals surface area contributed by atoms with Gasteiger partial charge < -0.3 is 5.32 Å². The standard InChI is InChI=1S/C12H17N/c1-8-4-5-12-11(6-8)9(2)7-10(3)13-12/h4-6,9-10,13H,7H2,1-3H3/t9-,10-/m0/s1. The molecular weight excluding hydrogens is 158 g/mol. The van der Waals surface area contributed by atoms with E-state index in [0.29, 0.717) is 12.0 Å². The lowest BCUT2D eigenvalue weighted by Gasteiger charge is -2.29. The van der Waals surface area contributed by atoms with Crippen molar-refractivity contribution in [2.75, 3.05) is 5.32 Å². The summed E-state index contributed by atoms with van der Waals surface area (Å²) in [6.45, 7) is 6.72. The van der Waals surface area contributed by atoms with Crippen molar-refractivity contribution in [3.8, 4) is 0 Å². The molecule has 0 saturated heterocycles. The number of aryl methyl sites for hydroxylation is 1. The Morgan fingerprint density at radius 2 is 2.08 bits per heavy atom. The van der Waals surface area contributed by atoms with Crippen LogP contribution in [0.2, 0.25) is 0 Å². The average Bonchev–Trinajstić information content (AvgIpc) is 2.06. The highest BCUT2D eigenvalue weighted by molar-refractivity contribution is 5.56. The summed E-state index contributed by atoms with van der Waals surface area (Å²) in [5.74, 6) is 0.700. The summed E-state index contributed by atoms with van der Waals surface area (Å²) in [6.07, 6.45) is 1.25. The van der Waals surface area contributed by atoms with E-state index in [9.17, 15) is 0 Å². The zero-order valence-electron chi connectivity index (χ0n) is 8.59. The van der Waals surface area contributed by atoms with Gasteiger partial charge in [0.2, 0.25) is 0 Å². The van der Waals surface area contributed by atoms with Crippen LogP contribution in [-0.4, -0.2) is 6.04 Å². The van der Waals surface area contributed by atoms with Crippen molar-refractivity contribution in [3.63, 3.8) is 0 Å². The van der Waals surface area contributed by atoms with Gasteiger partial charge in [-0.15, -0.1) is 0 Å². The van der Waals surface area contributed by atoms with Crippen LogP contribution in [-0.2, 0) is 0 Å². The Morgan fingerprint density at radius 3 is 2.85 bits per heavy atom. The Kier molecular flexibility index (Phi) is 2.03. The van der Waals surface area contributed by atoms with Gasteiger partial charge >= 0.3 is 0 Å². The fourth-order valence-corrected chi connectivity index (χ4v) is 2.20. The Labute approximate surface area is 80.2 Å². The molecule has 1 aliphatic heterocycles. The third-order valence-corrected chi connectivity index (χ3v) is 2.85. The lowest BCUT2D eigenvalue weighted by Crippen LogP contribution is -2.24. The van der Waals surface area contributed by atoms with Crippen LogP contribution in [0.25, 0.3) is 0 Å². The van der Waals surface area contributed by atoms with Gasteiger partial charge in [-0.2, -0.15) is 0 Å². The Bertz CT molecular complexity index is 317. The Balaban J connectivity index is 2.43. The molecule has 70 valence electrons. The van der Waals surface area contributed by atoms with Crippen molar-refractivity contribution >= 4 is 5.69 Å². The van der Waals surface area contributed by atoms with E-state index in [1.807, 2.05) is 0 Å². The van der Waals surface area contributed by atoms with E-state index in [0.717, 1.165) is 0 Å². The predicted octanol–water partition coefficient (Wildman–Crippen LogP) is 3.30. The maximum absolute atomic E-state index is 3.52. The molecule has 1 N–H and O–H groups in total. The number of benzene rings is 1. The lowest BCUT2D eigenvalue weighted by atomic mass is 9.88. The van der Waals surface area contributed by atoms with E-state index < -0.39 is 0 Å². The molecule has 1 aromatic rings. The second-order valence-electron chi connectivity index (χ2n) is 4.27. The maximum Gasteiger partial charge on any atom is 0.0377 e. The van der Waals surface area contributed by atoms with E-state index in [1.165, 1.54) is 23.2 Å². The Hall–Kier alpha value is -0.980. The van der Waals surface area contributed by atoms with Gasteiger partial charge in [0.25, 0.3) is 0 Å². The second kappa shape index (κ2) is 3.06. The van der Waals surface area contributed by atoms with Crippen LogP contribution >= 0.6 is 0 Å². The molecule has 0 spiro atoms. The molecule has 0 aromatic heterocycles. The SMILES string of the molecule is Cc1ccc2c(c1)[C@@H](C)C[C@H](C)N2. The molecule has 2 atom stereocenters. The molecule has 1 aliphatic rings. The van der Waals surface area contributed by atoms with E-state index in [4.69, 9.17) is 0 Å². The van der Waals surface area contributed by atoms with Crippen molar-refractivity contribution < 1.29 is 0 Å². The summed E-state index contributed by atoms with van der Waals surface area (Å²) in [7, 11) is 0. The molecule has 0 radical (unpaired) electrons. The van der Waals surface area contributed by atoms with E-state index >= 15 is 0 Å². The first-order valence-electron chi connectivity index (χ1n) is 5.04. The molecule has 1 nitrogen and oxygen atoms in total. The lowest BCUT2D eigenvalue weighted by molar-refractivity contribution is 0.589. The van der Waals surface area contributed by atoms with Crippen molar-refractivity contribution in [1.82, 2.24) is 0 Å². The van der Waals surface area contributed by atoms with Crippen molar-refractivity contribution in [2.24, 2.45) is 0 Å². The van der Waals surface area contributed by atoms with Gasteiger partial charge in [0.1, 0.15) is 0 Å². The molecule has 1 heterocycles. The van der Waals surface area contributed by atoms with Gasteiger partial charge in [-0.25, -0.2) is 0 Å². The number of hydrogen-bond donors (Lipinski definition) is 1. The fourth-order valence-electron chi connectivity index (χ4n) is 2.20. The molecule has 0 aliphatic carbocycles. The molecule has 2 rings (SSSR count). The van der Waals surface area contributed by atoms with E-state index in [1.54, 1.807) is 0 Å². The third kappa shape index (κ3) is 1.55. The highest BCUT2D eigenvalue weighted by Crippen LogP contribution is 2.34. The quantitative estimate of drug-likeness (QED) is 0.638. The Morgan fingerprint density at radius 1 is 1.31 bits per heavy atom. The van der Waals surface area contributed by atoms with Gasteiger partial charge in [-0.3, -0.25) is 0 Å². The van der Waals surface area contributed by atoms with Gasteiger partial charge in [0, 0.05) is 11.7 Å². The first-order chi connectivity index (χ1) is 6.16. The summed E-state index contributed by atoms with van der Waals surface area (Å²) in [5, 5.41) is 3.52. The summed E-state index contributed by atoms with van der Waals surface area (Å²) in [5.41, 5.74) is 4.18. The molecule has 0 unspecified atom stereocenters. The van der Waals surface area contributed by atoms with Crippen LogP contribution in [0.5, 0.6) is 0 Å². The monoisotopic (exact) mass is 175 g/mol. The van der Waals surface area contributed by atoms with Gasteiger partial charge in [0.05, 0.1) is 0 Å². The average molecular weight is 175 g/mol. The largest absolute Gasteiger partial charge is 0.382 e. The van der Waals surface area contributed by atoms with E-state index in [-0.39, 0.29) is 0 Å². The summed E-state index contributed by atoms with van der Waals surface area (Å²) in [4.78, 5) is 0. The number of anilines is 1. The van der Waals surface area contributed by atoms with Crippen molar-refractivity contribution in [3.05, 3.63) is 29.3 Å². The molecule has 1 heteroatoms. The van der Waals surface area contributed by atoms with E-state index in [2.05, 4.69) is 44.3 Å². The van der Waals surface area contributed by atoms with Crippen molar-refractivity contribution in [1.29, 1.82) is 0 Å². The topological polar surface area (TPSA) is 12.0 Å². The number of nitrogens with one attached hydrogen (secondary N) is 1. The second-order valence-corrected chi connectivity index (χ2v) is 4.27. The smallest absolute Gasteiger partial charge is 0.0377 e. The third-order valence-electron chi connectivity index (χ3n) is 2.85. The normalized spacial score (nSPS) is 26.4. The van der Waals surface area contributed by atoms with Crippen LogP contribution in [0.1, 0.15) is 37.3 Å². The molecule has 0 bridgehead atoms. The van der Waals surface area contributed by atoms with Crippen LogP contribution in [0.15, 0.2) is 18.2 Å². The highest BCUT2D eigenvalue weighted by Gasteiger charge is 2.19. The van der Waals surface area contributed by atoms with Gasteiger partial charge in [-0.05, 0) is 37.8 Å². The number of fused-ring (bicyclic) bond motifs is 1. The molecular formula is C12H17N. The first kappa shape index (κ1) is 8.61. The summed E-state index contributed by atoms with van der Waals surface area (Å²) in [6, 6.07) is 7.30. The number of rotatable bonds is 0. The molecule has 0 amide bonds. The molecule has 1 aromatic carbocycles. The minimum Gasteiger partial charge on any atom is -0.382 e. The summed E-state index contributed by atoms with van der Waals surface area (Å²) >= 11 is 0. The van der Waals surface area contributed by atoms with Crippen LogP contribution in [0, 0.1) is 6.92 Å². The van der Waals surface area contributed by atoms with Gasteiger partial charge in [-0.1, -0.05) is 24.6 Å². The maximum atomic E-state index is 3.52. The highest BCUT2D eigenvalue weighted by atomic mass is 14.9. The van der Waals surface area contributed by atoms with Crippen LogP contribution in [0.4, 0.5) is 5.69 Å². The number of hydrogen-bond acceptors (Lipinski definition) is 1. The van der Waals surface area contributed by atoms with Crippen molar-refractivity contribution in [2.45, 2.75) is 39.2 Å². The predicted molar refractivity (Wildman–Crippen MR) is 57.3 cm³/mol.